The highest BCUT2D eigenvalue weighted by atomic mass is 79.9. The number of halogens is 3. The molecule has 7 heteroatoms. The standard InChI is InChI=1S/C32H26Br2ClNO3/c1-38-32(37)23-12-15-25(16-13-23)39-19-18-26-27-20-24(35)14-17-28(27)36(30(26)31(33)34)29(21-8-4-2-5-9-21)22-10-6-3-7-11-22/h2-17,20,29,31H,18-19H2,1H3. The number of hydrogen-bond acceptors (Lipinski definition) is 3. The molecule has 1 heterocycles. The van der Waals surface area contributed by atoms with Crippen LogP contribution in [0.2, 0.25) is 5.02 Å². The van der Waals surface area contributed by atoms with Crippen molar-refractivity contribution in [3.8, 4) is 5.75 Å². The van der Waals surface area contributed by atoms with Gasteiger partial charge in [-0.2, -0.15) is 0 Å². The van der Waals surface area contributed by atoms with E-state index in [0.717, 1.165) is 22.2 Å². The van der Waals surface area contributed by atoms with E-state index in [2.05, 4.69) is 91.0 Å². The molecular formula is C32H26Br2ClNO3. The Kier molecular flexibility index (Phi) is 8.75. The summed E-state index contributed by atoms with van der Waals surface area (Å²) in [6, 6.07) is 34.1. The lowest BCUT2D eigenvalue weighted by atomic mass is 9.98. The maximum atomic E-state index is 11.8. The number of hydrogen-bond donors (Lipinski definition) is 0. The second-order valence-electron chi connectivity index (χ2n) is 9.03. The number of nitrogens with zero attached hydrogens (tertiary/aromatic N) is 1. The number of methoxy groups -OCH3 is 1. The fourth-order valence-electron chi connectivity index (χ4n) is 4.99. The largest absolute Gasteiger partial charge is 0.493 e. The summed E-state index contributed by atoms with van der Waals surface area (Å²) in [5.41, 5.74) is 6.20. The number of fused-ring (bicyclic) bond motifs is 1. The molecule has 0 saturated heterocycles. The number of benzene rings is 4. The Labute approximate surface area is 249 Å². The number of ether oxygens (including phenoxy) is 2. The van der Waals surface area contributed by atoms with Gasteiger partial charge in [0.2, 0.25) is 0 Å². The van der Waals surface area contributed by atoms with Crippen LogP contribution in [0.5, 0.6) is 5.75 Å². The zero-order valence-electron chi connectivity index (χ0n) is 21.2. The number of rotatable bonds is 9. The van der Waals surface area contributed by atoms with Crippen molar-refractivity contribution in [1.29, 1.82) is 0 Å². The lowest BCUT2D eigenvalue weighted by molar-refractivity contribution is 0.0600. The van der Waals surface area contributed by atoms with E-state index < -0.39 is 0 Å². The molecule has 4 aromatic carbocycles. The summed E-state index contributed by atoms with van der Waals surface area (Å²) in [6.07, 6.45) is 0.655. The third-order valence-electron chi connectivity index (χ3n) is 6.70. The lowest BCUT2D eigenvalue weighted by Crippen LogP contribution is -2.16. The van der Waals surface area contributed by atoms with Crippen molar-refractivity contribution >= 4 is 60.3 Å². The van der Waals surface area contributed by atoms with Crippen LogP contribution < -0.4 is 4.74 Å². The van der Waals surface area contributed by atoms with Crippen LogP contribution in [0, 0.1) is 0 Å². The van der Waals surface area contributed by atoms with Gasteiger partial charge in [0.05, 0.1) is 25.3 Å². The predicted octanol–water partition coefficient (Wildman–Crippen LogP) is 9.13. The maximum Gasteiger partial charge on any atom is 0.337 e. The molecule has 0 saturated carbocycles. The van der Waals surface area contributed by atoms with E-state index in [1.807, 2.05) is 24.3 Å². The fraction of sp³-hybridized carbons (Fsp3) is 0.156. The molecule has 0 unspecified atom stereocenters. The van der Waals surface area contributed by atoms with Gasteiger partial charge in [-0.3, -0.25) is 0 Å². The predicted molar refractivity (Wildman–Crippen MR) is 165 cm³/mol. The molecule has 0 bridgehead atoms. The van der Waals surface area contributed by atoms with Crippen LogP contribution in [0.1, 0.15) is 42.5 Å². The minimum Gasteiger partial charge on any atom is -0.493 e. The zero-order chi connectivity index (χ0) is 27.4. The number of aromatic nitrogens is 1. The van der Waals surface area contributed by atoms with Crippen molar-refractivity contribution in [2.24, 2.45) is 0 Å². The molecular weight excluding hydrogens is 642 g/mol. The van der Waals surface area contributed by atoms with Crippen LogP contribution in [-0.2, 0) is 11.2 Å². The molecule has 0 spiro atoms. The van der Waals surface area contributed by atoms with Gasteiger partial charge in [-0.15, -0.1) is 0 Å². The molecule has 198 valence electrons. The Morgan fingerprint density at radius 2 is 1.49 bits per heavy atom. The summed E-state index contributed by atoms with van der Waals surface area (Å²) < 4.78 is 13.2. The molecule has 0 N–H and O–H groups in total. The summed E-state index contributed by atoms with van der Waals surface area (Å²) in [5.74, 6) is 0.314. The van der Waals surface area contributed by atoms with Crippen LogP contribution in [0.25, 0.3) is 10.9 Å². The number of esters is 1. The first kappa shape index (κ1) is 27.5. The summed E-state index contributed by atoms with van der Waals surface area (Å²) >= 11 is 14.2. The van der Waals surface area contributed by atoms with Gasteiger partial charge in [-0.1, -0.05) is 104 Å². The van der Waals surface area contributed by atoms with Gasteiger partial charge < -0.3 is 14.0 Å². The minimum absolute atomic E-state index is 0.0517. The van der Waals surface area contributed by atoms with E-state index in [1.54, 1.807) is 24.3 Å². The smallest absolute Gasteiger partial charge is 0.337 e. The van der Waals surface area contributed by atoms with Crippen LogP contribution in [0.15, 0.2) is 103 Å². The number of alkyl halides is 2. The van der Waals surface area contributed by atoms with Gasteiger partial charge in [-0.05, 0) is 59.2 Å². The topological polar surface area (TPSA) is 40.5 Å². The first-order valence-electron chi connectivity index (χ1n) is 12.5. The van der Waals surface area contributed by atoms with Crippen LogP contribution in [-0.4, -0.2) is 24.3 Å². The quantitative estimate of drug-likeness (QED) is 0.116. The number of carbonyl (C=O) groups is 1. The SMILES string of the molecule is COC(=O)c1ccc(OCCc2c(C(Br)Br)n(C(c3ccccc3)c3ccccc3)c3ccc(Cl)cc23)cc1. The molecule has 39 heavy (non-hydrogen) atoms. The Bertz CT molecular complexity index is 1530. The van der Waals surface area contributed by atoms with Gasteiger partial charge >= 0.3 is 5.97 Å². The second kappa shape index (κ2) is 12.4. The first-order valence-corrected chi connectivity index (χ1v) is 14.7. The Hall–Kier alpha value is -3.06. The van der Waals surface area contributed by atoms with Gasteiger partial charge in [0, 0.05) is 28.0 Å². The van der Waals surface area contributed by atoms with Crippen molar-refractivity contribution in [3.63, 3.8) is 0 Å². The van der Waals surface area contributed by atoms with Crippen molar-refractivity contribution in [3.05, 3.63) is 136 Å². The molecule has 4 nitrogen and oxygen atoms in total. The first-order chi connectivity index (χ1) is 19.0. The second-order valence-corrected chi connectivity index (χ2v) is 12.5. The lowest BCUT2D eigenvalue weighted by Gasteiger charge is -2.25. The van der Waals surface area contributed by atoms with E-state index >= 15 is 0 Å². The minimum atomic E-state index is -0.372. The summed E-state index contributed by atoms with van der Waals surface area (Å²) in [5, 5.41) is 1.77. The maximum absolute atomic E-state index is 11.8. The molecule has 0 aliphatic carbocycles. The summed E-state index contributed by atoms with van der Waals surface area (Å²) in [6.45, 7) is 0.449. The average Bonchev–Trinajstić information content (AvgIpc) is 3.27. The molecule has 0 aliphatic heterocycles. The fourth-order valence-corrected chi connectivity index (χ4v) is 6.15. The molecule has 5 aromatic rings. The van der Waals surface area contributed by atoms with Crippen LogP contribution in [0.3, 0.4) is 0 Å². The van der Waals surface area contributed by atoms with Gasteiger partial charge in [-0.25, -0.2) is 4.79 Å². The van der Waals surface area contributed by atoms with E-state index in [9.17, 15) is 4.79 Å². The molecule has 5 rings (SSSR count). The van der Waals surface area contributed by atoms with Gasteiger partial charge in [0.1, 0.15) is 9.49 Å². The molecule has 0 radical (unpaired) electrons. The highest BCUT2D eigenvalue weighted by Crippen LogP contribution is 2.43. The van der Waals surface area contributed by atoms with Crippen molar-refractivity contribution < 1.29 is 14.3 Å². The van der Waals surface area contributed by atoms with E-state index in [-0.39, 0.29) is 15.7 Å². The van der Waals surface area contributed by atoms with Crippen molar-refractivity contribution in [1.82, 2.24) is 4.57 Å². The van der Waals surface area contributed by atoms with Gasteiger partial charge in [0.25, 0.3) is 0 Å². The summed E-state index contributed by atoms with van der Waals surface area (Å²) in [7, 11) is 1.37. The molecule has 0 amide bonds. The highest BCUT2D eigenvalue weighted by molar-refractivity contribution is 9.24. The molecule has 0 atom stereocenters. The van der Waals surface area contributed by atoms with Crippen molar-refractivity contribution in [2.75, 3.05) is 13.7 Å². The van der Waals surface area contributed by atoms with E-state index in [0.29, 0.717) is 29.4 Å². The Balaban J connectivity index is 1.58. The number of carbonyl (C=O) groups excluding carboxylic acids is 1. The van der Waals surface area contributed by atoms with Crippen LogP contribution >= 0.6 is 43.5 Å². The Morgan fingerprint density at radius 1 is 0.872 bits per heavy atom. The normalized spacial score (nSPS) is 11.3. The van der Waals surface area contributed by atoms with E-state index in [4.69, 9.17) is 21.1 Å². The summed E-state index contributed by atoms with van der Waals surface area (Å²) in [4.78, 5) is 11.8. The highest BCUT2D eigenvalue weighted by Gasteiger charge is 2.28. The average molecular weight is 668 g/mol. The molecule has 0 fully saturated rings. The molecule has 1 aromatic heterocycles. The zero-order valence-corrected chi connectivity index (χ0v) is 25.1. The van der Waals surface area contributed by atoms with E-state index in [1.165, 1.54) is 18.2 Å². The molecule has 0 aliphatic rings. The van der Waals surface area contributed by atoms with Crippen molar-refractivity contribution in [2.45, 2.75) is 16.2 Å². The third-order valence-corrected chi connectivity index (χ3v) is 7.81. The van der Waals surface area contributed by atoms with Crippen LogP contribution in [0.4, 0.5) is 0 Å². The van der Waals surface area contributed by atoms with Gasteiger partial charge in [0.15, 0.2) is 0 Å². The third kappa shape index (κ3) is 5.93. The Morgan fingerprint density at radius 3 is 2.05 bits per heavy atom. The monoisotopic (exact) mass is 665 g/mol.